The highest BCUT2D eigenvalue weighted by Crippen LogP contribution is 2.18. The smallest absolute Gasteiger partial charge is 0.234 e. The van der Waals surface area contributed by atoms with Crippen molar-refractivity contribution in [1.82, 2.24) is 20.1 Å². The number of hydrogen-bond donors (Lipinski definition) is 3. The molecular formula is C17H22N6O3S. The number of morpholine rings is 1. The molecule has 10 heteroatoms. The number of nitrogens with zero attached hydrogens (tertiary/aromatic N) is 3. The van der Waals surface area contributed by atoms with Crippen LogP contribution in [-0.2, 0) is 20.9 Å². The van der Waals surface area contributed by atoms with Crippen LogP contribution in [0.25, 0.3) is 11.4 Å². The number of benzene rings is 1. The number of nitrogens with one attached hydrogen (secondary N) is 2. The van der Waals surface area contributed by atoms with Crippen LogP contribution in [-0.4, -0.2) is 69.7 Å². The first-order chi connectivity index (χ1) is 13.2. The van der Waals surface area contributed by atoms with Gasteiger partial charge >= 0.3 is 0 Å². The zero-order chi connectivity index (χ0) is 19.1. The van der Waals surface area contributed by atoms with Crippen LogP contribution in [0.5, 0.6) is 0 Å². The largest absolute Gasteiger partial charge is 0.378 e. The van der Waals surface area contributed by atoms with E-state index in [0.717, 1.165) is 5.56 Å². The number of rotatable bonds is 7. The molecule has 1 aliphatic heterocycles. The van der Waals surface area contributed by atoms with Crippen molar-refractivity contribution < 1.29 is 14.3 Å². The Labute approximate surface area is 161 Å². The van der Waals surface area contributed by atoms with Gasteiger partial charge < -0.3 is 20.7 Å². The van der Waals surface area contributed by atoms with Crippen LogP contribution in [0.15, 0.2) is 24.3 Å². The van der Waals surface area contributed by atoms with E-state index >= 15 is 0 Å². The first kappa shape index (κ1) is 19.3. The Morgan fingerprint density at radius 2 is 1.96 bits per heavy atom. The van der Waals surface area contributed by atoms with E-state index in [1.54, 1.807) is 17.0 Å². The van der Waals surface area contributed by atoms with Crippen molar-refractivity contribution in [3.63, 3.8) is 0 Å². The highest BCUT2D eigenvalue weighted by Gasteiger charge is 2.17. The van der Waals surface area contributed by atoms with Crippen molar-refractivity contribution >= 4 is 29.3 Å². The topological polar surface area (TPSA) is 126 Å². The van der Waals surface area contributed by atoms with Crippen LogP contribution in [0, 0.1) is 0 Å². The number of thioether (sulfide) groups is 1. The van der Waals surface area contributed by atoms with E-state index < -0.39 is 0 Å². The minimum Gasteiger partial charge on any atom is -0.378 e. The fraction of sp³-hybridized carbons (Fsp3) is 0.412. The third kappa shape index (κ3) is 5.52. The Bertz CT molecular complexity index is 773. The maximum absolute atomic E-state index is 12.0. The Balaban J connectivity index is 1.43. The number of nitrogens with two attached hydrogens (primary N) is 1. The molecule has 0 radical (unpaired) electrons. The van der Waals surface area contributed by atoms with Crippen LogP contribution in [0.4, 0.5) is 5.69 Å². The number of aromatic nitrogens is 3. The fourth-order valence-corrected chi connectivity index (χ4v) is 3.27. The summed E-state index contributed by atoms with van der Waals surface area (Å²) in [5.41, 5.74) is 7.02. The molecule has 2 amide bonds. The van der Waals surface area contributed by atoms with Gasteiger partial charge in [0.2, 0.25) is 11.8 Å². The first-order valence-electron chi connectivity index (χ1n) is 8.60. The molecule has 1 aromatic heterocycles. The highest BCUT2D eigenvalue weighted by atomic mass is 32.2. The maximum atomic E-state index is 12.0. The number of aromatic amines is 1. The Morgan fingerprint density at radius 1 is 1.22 bits per heavy atom. The molecule has 0 atom stereocenters. The summed E-state index contributed by atoms with van der Waals surface area (Å²) in [6, 6.07) is 7.23. The average molecular weight is 390 g/mol. The maximum Gasteiger partial charge on any atom is 0.234 e. The van der Waals surface area contributed by atoms with Crippen molar-refractivity contribution in [3.05, 3.63) is 30.1 Å². The van der Waals surface area contributed by atoms with Crippen molar-refractivity contribution in [2.45, 2.75) is 6.54 Å². The summed E-state index contributed by atoms with van der Waals surface area (Å²) >= 11 is 1.31. The predicted octanol–water partition coefficient (Wildman–Crippen LogP) is 0.461. The summed E-state index contributed by atoms with van der Waals surface area (Å²) < 4.78 is 5.22. The van der Waals surface area contributed by atoms with Crippen LogP contribution >= 0.6 is 11.8 Å². The molecule has 0 bridgehead atoms. The van der Waals surface area contributed by atoms with Gasteiger partial charge in [-0.05, 0) is 24.3 Å². The van der Waals surface area contributed by atoms with Crippen molar-refractivity contribution in [2.75, 3.05) is 43.1 Å². The van der Waals surface area contributed by atoms with Gasteiger partial charge in [-0.1, -0.05) is 0 Å². The van der Waals surface area contributed by atoms with Gasteiger partial charge in [0, 0.05) is 24.3 Å². The summed E-state index contributed by atoms with van der Waals surface area (Å²) in [6.07, 6.45) is 0. The number of carbonyl (C=O) groups is 2. The Kier molecular flexibility index (Phi) is 6.80. The normalized spacial score (nSPS) is 14.2. The SMILES string of the molecule is NCc1nc(-c2ccc(NC(=O)CSCC(=O)N3CCOCC3)cc2)n[nH]1. The molecule has 144 valence electrons. The molecular weight excluding hydrogens is 368 g/mol. The van der Waals surface area contributed by atoms with E-state index in [9.17, 15) is 9.59 Å². The van der Waals surface area contributed by atoms with Gasteiger partial charge in [-0.3, -0.25) is 14.7 Å². The van der Waals surface area contributed by atoms with Crippen molar-refractivity contribution in [1.29, 1.82) is 0 Å². The summed E-state index contributed by atoms with van der Waals surface area (Å²) in [6.45, 7) is 2.69. The molecule has 1 saturated heterocycles. The molecule has 0 unspecified atom stereocenters. The molecule has 1 fully saturated rings. The molecule has 2 heterocycles. The summed E-state index contributed by atoms with van der Waals surface area (Å²) in [4.78, 5) is 30.1. The lowest BCUT2D eigenvalue weighted by Crippen LogP contribution is -2.41. The number of H-pyrrole nitrogens is 1. The molecule has 27 heavy (non-hydrogen) atoms. The Hall–Kier alpha value is -2.43. The molecule has 0 spiro atoms. The molecule has 3 rings (SSSR count). The molecule has 0 saturated carbocycles. The van der Waals surface area contributed by atoms with Gasteiger partial charge in [0.25, 0.3) is 0 Å². The van der Waals surface area contributed by atoms with Crippen LogP contribution in [0.3, 0.4) is 0 Å². The number of carbonyl (C=O) groups excluding carboxylic acids is 2. The highest BCUT2D eigenvalue weighted by molar-refractivity contribution is 8.00. The zero-order valence-corrected chi connectivity index (χ0v) is 15.6. The monoisotopic (exact) mass is 390 g/mol. The minimum absolute atomic E-state index is 0.0452. The van der Waals surface area contributed by atoms with Gasteiger partial charge in [-0.15, -0.1) is 11.8 Å². The number of anilines is 1. The van der Waals surface area contributed by atoms with E-state index in [2.05, 4.69) is 20.5 Å². The van der Waals surface area contributed by atoms with E-state index in [-0.39, 0.29) is 17.6 Å². The first-order valence-corrected chi connectivity index (χ1v) is 9.76. The number of hydrogen-bond acceptors (Lipinski definition) is 7. The standard InChI is InChI=1S/C17H22N6O3S/c18-9-14-20-17(22-21-14)12-1-3-13(4-2-12)19-15(24)10-27-11-16(25)23-5-7-26-8-6-23/h1-4H,5-11,18H2,(H,19,24)(H,20,21,22). The predicted molar refractivity (Wildman–Crippen MR) is 103 cm³/mol. The van der Waals surface area contributed by atoms with Gasteiger partial charge in [-0.2, -0.15) is 5.10 Å². The second-order valence-electron chi connectivity index (χ2n) is 5.92. The lowest BCUT2D eigenvalue weighted by molar-refractivity contribution is -0.132. The third-order valence-electron chi connectivity index (χ3n) is 3.97. The summed E-state index contributed by atoms with van der Waals surface area (Å²) in [5.74, 6) is 1.59. The van der Waals surface area contributed by atoms with E-state index in [1.165, 1.54) is 11.8 Å². The number of ether oxygens (including phenoxy) is 1. The second kappa shape index (κ2) is 9.49. The molecule has 9 nitrogen and oxygen atoms in total. The van der Waals surface area contributed by atoms with E-state index in [0.29, 0.717) is 55.9 Å². The molecule has 4 N–H and O–H groups in total. The van der Waals surface area contributed by atoms with Crippen molar-refractivity contribution in [3.8, 4) is 11.4 Å². The summed E-state index contributed by atoms with van der Waals surface area (Å²) in [7, 11) is 0. The second-order valence-corrected chi connectivity index (χ2v) is 6.91. The van der Waals surface area contributed by atoms with E-state index in [1.807, 2.05) is 12.1 Å². The molecule has 1 aromatic carbocycles. The minimum atomic E-state index is -0.147. The molecule has 2 aromatic rings. The van der Waals surface area contributed by atoms with Crippen LogP contribution in [0.1, 0.15) is 5.82 Å². The van der Waals surface area contributed by atoms with Gasteiger partial charge in [0.1, 0.15) is 5.82 Å². The zero-order valence-electron chi connectivity index (χ0n) is 14.8. The number of amides is 2. The van der Waals surface area contributed by atoms with E-state index in [4.69, 9.17) is 10.5 Å². The summed E-state index contributed by atoms with van der Waals surface area (Å²) in [5, 5.41) is 9.67. The molecule has 1 aliphatic rings. The lowest BCUT2D eigenvalue weighted by atomic mass is 10.2. The van der Waals surface area contributed by atoms with Gasteiger partial charge in [0.15, 0.2) is 5.82 Å². The third-order valence-corrected chi connectivity index (χ3v) is 4.89. The van der Waals surface area contributed by atoms with Crippen molar-refractivity contribution in [2.24, 2.45) is 5.73 Å². The van der Waals surface area contributed by atoms with Gasteiger partial charge in [0.05, 0.1) is 31.3 Å². The van der Waals surface area contributed by atoms with Gasteiger partial charge in [-0.25, -0.2) is 4.98 Å². The lowest BCUT2D eigenvalue weighted by Gasteiger charge is -2.26. The average Bonchev–Trinajstić information content (AvgIpc) is 3.18. The van der Waals surface area contributed by atoms with Crippen LogP contribution < -0.4 is 11.1 Å². The Morgan fingerprint density at radius 3 is 2.63 bits per heavy atom. The fourth-order valence-electron chi connectivity index (χ4n) is 2.55. The molecule has 0 aliphatic carbocycles. The quantitative estimate of drug-likeness (QED) is 0.627. The van der Waals surface area contributed by atoms with Crippen LogP contribution in [0.2, 0.25) is 0 Å².